The summed E-state index contributed by atoms with van der Waals surface area (Å²) in [5, 5.41) is 3.59. The van der Waals surface area contributed by atoms with E-state index in [1.807, 2.05) is 56.3 Å². The Bertz CT molecular complexity index is 1320. The molecule has 3 aromatic rings. The van der Waals surface area contributed by atoms with Gasteiger partial charge in [0.05, 0.1) is 11.1 Å². The van der Waals surface area contributed by atoms with Crippen LogP contribution in [-0.2, 0) is 22.6 Å². The quantitative estimate of drug-likeness (QED) is 0.312. The largest absolute Gasteiger partial charge is 0.354 e. The van der Waals surface area contributed by atoms with Crippen molar-refractivity contribution in [3.8, 4) is 0 Å². The molecule has 1 atom stereocenters. The van der Waals surface area contributed by atoms with E-state index in [2.05, 4.69) is 5.32 Å². The number of hydrogen-bond acceptors (Lipinski definition) is 4. The number of carbonyl (C=O) groups excluding carboxylic acids is 4. The summed E-state index contributed by atoms with van der Waals surface area (Å²) in [6, 6.07) is 22.8. The van der Waals surface area contributed by atoms with Gasteiger partial charge in [0.1, 0.15) is 6.04 Å². The van der Waals surface area contributed by atoms with Crippen LogP contribution >= 0.6 is 11.6 Å². The van der Waals surface area contributed by atoms with Crippen molar-refractivity contribution >= 4 is 35.2 Å². The molecule has 0 aromatic heterocycles. The lowest BCUT2D eigenvalue weighted by Crippen LogP contribution is -2.51. The molecule has 3 aromatic carbocycles. The van der Waals surface area contributed by atoms with E-state index in [-0.39, 0.29) is 55.5 Å². The van der Waals surface area contributed by atoms with E-state index in [1.54, 1.807) is 41.3 Å². The molecule has 0 fully saturated rings. The molecule has 4 amide bonds. The van der Waals surface area contributed by atoms with Gasteiger partial charge in [-0.2, -0.15) is 0 Å². The molecule has 1 aliphatic heterocycles. The Hall–Kier alpha value is -3.97. The molecule has 0 saturated heterocycles. The fourth-order valence-corrected chi connectivity index (χ4v) is 4.86. The molecule has 0 unspecified atom stereocenters. The average molecular weight is 560 g/mol. The van der Waals surface area contributed by atoms with Crippen LogP contribution in [0.2, 0.25) is 5.02 Å². The summed E-state index contributed by atoms with van der Waals surface area (Å²) >= 11 is 6.09. The Morgan fingerprint density at radius 2 is 1.45 bits per heavy atom. The van der Waals surface area contributed by atoms with Gasteiger partial charge in [-0.05, 0) is 47.7 Å². The van der Waals surface area contributed by atoms with E-state index in [4.69, 9.17) is 11.6 Å². The Balaban J connectivity index is 1.53. The molecule has 0 saturated carbocycles. The number of halogens is 1. The number of hydrogen-bond donors (Lipinski definition) is 1. The van der Waals surface area contributed by atoms with Crippen LogP contribution in [0.1, 0.15) is 58.5 Å². The maximum atomic E-state index is 13.8. The number of benzene rings is 3. The molecule has 208 valence electrons. The van der Waals surface area contributed by atoms with Crippen LogP contribution in [0.4, 0.5) is 0 Å². The van der Waals surface area contributed by atoms with E-state index in [9.17, 15) is 19.2 Å². The zero-order chi connectivity index (χ0) is 28.6. The number of fused-ring (bicyclic) bond motifs is 1. The van der Waals surface area contributed by atoms with Gasteiger partial charge in [-0.15, -0.1) is 0 Å². The normalized spacial score (nSPS) is 13.3. The summed E-state index contributed by atoms with van der Waals surface area (Å²) in [5.74, 6) is -0.893. The van der Waals surface area contributed by atoms with Crippen LogP contribution in [0.5, 0.6) is 0 Å². The second kappa shape index (κ2) is 13.4. The highest BCUT2D eigenvalue weighted by Crippen LogP contribution is 2.23. The van der Waals surface area contributed by atoms with Crippen molar-refractivity contribution < 1.29 is 19.2 Å². The SMILES string of the molecule is CC(C)CNC(=O)[C@@H](Cc1ccccc1)N(Cc1ccc(Cl)cc1)C(=O)CCCN1C(=O)c2ccccc2C1=O. The highest BCUT2D eigenvalue weighted by molar-refractivity contribution is 6.30. The van der Waals surface area contributed by atoms with Crippen molar-refractivity contribution in [3.63, 3.8) is 0 Å². The molecule has 40 heavy (non-hydrogen) atoms. The van der Waals surface area contributed by atoms with Gasteiger partial charge in [-0.3, -0.25) is 24.1 Å². The minimum atomic E-state index is -0.747. The molecule has 0 spiro atoms. The van der Waals surface area contributed by atoms with E-state index in [1.165, 1.54) is 4.90 Å². The predicted molar refractivity (Wildman–Crippen MR) is 155 cm³/mol. The van der Waals surface area contributed by atoms with Gasteiger partial charge in [-0.25, -0.2) is 0 Å². The van der Waals surface area contributed by atoms with Crippen molar-refractivity contribution in [2.24, 2.45) is 5.92 Å². The van der Waals surface area contributed by atoms with Gasteiger partial charge < -0.3 is 10.2 Å². The molecule has 1 aliphatic rings. The number of rotatable bonds is 12. The van der Waals surface area contributed by atoms with Gasteiger partial charge in [0, 0.05) is 37.5 Å². The van der Waals surface area contributed by atoms with Crippen molar-refractivity contribution in [1.82, 2.24) is 15.1 Å². The van der Waals surface area contributed by atoms with Crippen LogP contribution in [0.25, 0.3) is 0 Å². The summed E-state index contributed by atoms with van der Waals surface area (Å²) in [6.45, 7) is 4.86. The topological polar surface area (TPSA) is 86.8 Å². The fraction of sp³-hybridized carbons (Fsp3) is 0.312. The first-order valence-corrected chi connectivity index (χ1v) is 13.9. The highest BCUT2D eigenvalue weighted by atomic mass is 35.5. The average Bonchev–Trinajstić information content (AvgIpc) is 3.20. The smallest absolute Gasteiger partial charge is 0.261 e. The first-order chi connectivity index (χ1) is 19.2. The second-order valence-electron chi connectivity index (χ2n) is 10.4. The van der Waals surface area contributed by atoms with Gasteiger partial charge in [-0.1, -0.05) is 80.0 Å². The zero-order valence-electron chi connectivity index (χ0n) is 22.8. The lowest BCUT2D eigenvalue weighted by molar-refractivity contribution is -0.141. The Morgan fingerprint density at radius 1 is 0.850 bits per heavy atom. The van der Waals surface area contributed by atoms with Crippen LogP contribution in [0.3, 0.4) is 0 Å². The third-order valence-corrected chi connectivity index (χ3v) is 7.12. The fourth-order valence-electron chi connectivity index (χ4n) is 4.74. The molecule has 7 nitrogen and oxygen atoms in total. The van der Waals surface area contributed by atoms with Crippen LogP contribution in [-0.4, -0.2) is 52.6 Å². The summed E-state index contributed by atoms with van der Waals surface area (Å²) in [4.78, 5) is 55.6. The number of amides is 4. The zero-order valence-corrected chi connectivity index (χ0v) is 23.6. The van der Waals surface area contributed by atoms with Crippen molar-refractivity contribution in [1.29, 1.82) is 0 Å². The minimum absolute atomic E-state index is 0.0732. The first-order valence-electron chi connectivity index (χ1n) is 13.6. The van der Waals surface area contributed by atoms with E-state index in [0.29, 0.717) is 29.1 Å². The summed E-state index contributed by atoms with van der Waals surface area (Å²) < 4.78 is 0. The predicted octanol–water partition coefficient (Wildman–Crippen LogP) is 5.13. The van der Waals surface area contributed by atoms with Crippen LogP contribution in [0, 0.1) is 5.92 Å². The monoisotopic (exact) mass is 559 g/mol. The van der Waals surface area contributed by atoms with E-state index < -0.39 is 6.04 Å². The maximum Gasteiger partial charge on any atom is 0.261 e. The van der Waals surface area contributed by atoms with E-state index >= 15 is 0 Å². The molecular weight excluding hydrogens is 526 g/mol. The van der Waals surface area contributed by atoms with Crippen LogP contribution in [0.15, 0.2) is 78.9 Å². The van der Waals surface area contributed by atoms with E-state index in [0.717, 1.165) is 11.1 Å². The molecule has 0 bridgehead atoms. The third kappa shape index (κ3) is 7.16. The Kier molecular flexibility index (Phi) is 9.72. The van der Waals surface area contributed by atoms with Crippen molar-refractivity contribution in [3.05, 3.63) is 106 Å². The second-order valence-corrected chi connectivity index (χ2v) is 10.8. The molecule has 8 heteroatoms. The Morgan fingerprint density at radius 3 is 2.05 bits per heavy atom. The standard InChI is InChI=1S/C32H34ClN3O4/c1-22(2)20-34-30(38)28(19-23-9-4-3-5-10-23)36(21-24-14-16-25(33)17-15-24)29(37)13-8-18-35-31(39)26-11-6-7-12-27(26)32(35)40/h3-7,9-12,14-17,22,28H,8,13,18-21H2,1-2H3,(H,34,38)/t28-/m1/s1. The molecular formula is C32H34ClN3O4. The molecule has 1 heterocycles. The van der Waals surface area contributed by atoms with Gasteiger partial charge in [0.15, 0.2) is 0 Å². The molecule has 0 radical (unpaired) electrons. The van der Waals surface area contributed by atoms with Gasteiger partial charge >= 0.3 is 0 Å². The lowest BCUT2D eigenvalue weighted by Gasteiger charge is -2.32. The highest BCUT2D eigenvalue weighted by Gasteiger charge is 2.35. The summed E-state index contributed by atoms with van der Waals surface area (Å²) in [7, 11) is 0. The lowest BCUT2D eigenvalue weighted by atomic mass is 10.0. The number of nitrogens with one attached hydrogen (secondary N) is 1. The summed E-state index contributed by atoms with van der Waals surface area (Å²) in [5.41, 5.74) is 2.54. The number of carbonyl (C=O) groups is 4. The van der Waals surface area contributed by atoms with Gasteiger partial charge in [0.2, 0.25) is 11.8 Å². The van der Waals surface area contributed by atoms with Crippen molar-refractivity contribution in [2.45, 2.75) is 45.7 Å². The number of nitrogens with zero attached hydrogens (tertiary/aromatic N) is 2. The molecule has 4 rings (SSSR count). The number of imide groups is 1. The third-order valence-electron chi connectivity index (χ3n) is 6.87. The van der Waals surface area contributed by atoms with Gasteiger partial charge in [0.25, 0.3) is 11.8 Å². The minimum Gasteiger partial charge on any atom is -0.354 e. The van der Waals surface area contributed by atoms with Crippen LogP contribution < -0.4 is 5.32 Å². The molecule has 0 aliphatic carbocycles. The van der Waals surface area contributed by atoms with Crippen molar-refractivity contribution in [2.75, 3.05) is 13.1 Å². The Labute approximate surface area is 240 Å². The summed E-state index contributed by atoms with van der Waals surface area (Å²) in [6.07, 6.45) is 0.708. The maximum absolute atomic E-state index is 13.8. The molecule has 1 N–H and O–H groups in total. The first kappa shape index (κ1) is 29.0.